The molecule has 5 nitrogen and oxygen atoms in total. The van der Waals surface area contributed by atoms with Crippen LogP contribution in [0.1, 0.15) is 18.4 Å². The molecule has 4 aromatic rings. The van der Waals surface area contributed by atoms with Crippen LogP contribution < -0.4 is 5.32 Å². The highest BCUT2D eigenvalue weighted by Gasteiger charge is 2.34. The third-order valence-electron chi connectivity index (χ3n) is 6.21. The van der Waals surface area contributed by atoms with Crippen molar-refractivity contribution in [3.05, 3.63) is 78.4 Å². The molecule has 0 aliphatic carbocycles. The molecule has 1 saturated heterocycles. The molecule has 5 rings (SSSR count). The highest BCUT2D eigenvalue weighted by Crippen LogP contribution is 2.37. The van der Waals surface area contributed by atoms with Gasteiger partial charge in [0.2, 0.25) is 5.91 Å². The van der Waals surface area contributed by atoms with E-state index in [1.54, 1.807) is 23.5 Å². The van der Waals surface area contributed by atoms with Crippen molar-refractivity contribution in [2.24, 2.45) is 0 Å². The summed E-state index contributed by atoms with van der Waals surface area (Å²) in [6.07, 6.45) is 3.30. The van der Waals surface area contributed by atoms with E-state index in [0.29, 0.717) is 19.8 Å². The number of thiophene rings is 1. The summed E-state index contributed by atoms with van der Waals surface area (Å²) in [4.78, 5) is 22.6. The van der Waals surface area contributed by atoms with E-state index in [1.165, 1.54) is 35.8 Å². The zero-order valence-electron chi connectivity index (χ0n) is 18.5. The van der Waals surface area contributed by atoms with E-state index < -0.39 is 0 Å². The second-order valence-electron chi connectivity index (χ2n) is 8.33. The van der Waals surface area contributed by atoms with Crippen molar-refractivity contribution >= 4 is 39.2 Å². The molecular formula is C26H24FN3O2S2. The maximum atomic E-state index is 13.3. The van der Waals surface area contributed by atoms with Crippen LogP contribution in [0.5, 0.6) is 0 Å². The minimum absolute atomic E-state index is 0.0196. The van der Waals surface area contributed by atoms with Crippen LogP contribution in [0.2, 0.25) is 0 Å². The van der Waals surface area contributed by atoms with E-state index in [9.17, 15) is 9.18 Å². The maximum Gasteiger partial charge on any atom is 0.230 e. The van der Waals surface area contributed by atoms with Gasteiger partial charge >= 0.3 is 0 Å². The van der Waals surface area contributed by atoms with E-state index in [-0.39, 0.29) is 22.9 Å². The first-order valence-electron chi connectivity index (χ1n) is 11.2. The van der Waals surface area contributed by atoms with Crippen molar-refractivity contribution in [1.82, 2.24) is 15.3 Å². The summed E-state index contributed by atoms with van der Waals surface area (Å²) in [6, 6.07) is 18.8. The number of carbonyl (C=O) groups excluding carboxylic acids is 1. The normalized spacial score (nSPS) is 15.3. The quantitative estimate of drug-likeness (QED) is 0.274. The van der Waals surface area contributed by atoms with Crippen molar-refractivity contribution < 1.29 is 13.9 Å². The number of nitrogens with zero attached hydrogens (tertiary/aromatic N) is 2. The number of thioether (sulfide) groups is 1. The third kappa shape index (κ3) is 4.99. The van der Waals surface area contributed by atoms with Gasteiger partial charge in [0.1, 0.15) is 17.2 Å². The molecule has 2 aromatic heterocycles. The SMILES string of the molecule is O=C(CSc1ncnc2cc(-c3ccc(F)cc3)sc12)NCC1(c2ccccc2)CCOCC1. The first kappa shape index (κ1) is 23.0. The predicted molar refractivity (Wildman–Crippen MR) is 135 cm³/mol. The minimum atomic E-state index is -0.262. The zero-order valence-corrected chi connectivity index (χ0v) is 20.1. The summed E-state index contributed by atoms with van der Waals surface area (Å²) in [5.74, 6) is -0.00681. The number of fused-ring (bicyclic) bond motifs is 1. The van der Waals surface area contributed by atoms with E-state index in [0.717, 1.165) is 38.5 Å². The molecule has 8 heteroatoms. The first-order chi connectivity index (χ1) is 16.6. The number of ether oxygens (including phenoxy) is 1. The lowest BCUT2D eigenvalue weighted by molar-refractivity contribution is -0.119. The molecule has 0 unspecified atom stereocenters. The fraction of sp³-hybridized carbons (Fsp3) is 0.269. The van der Waals surface area contributed by atoms with Crippen LogP contribution in [0.25, 0.3) is 20.7 Å². The standard InChI is InChI=1S/C26H24FN3O2S2/c27-20-8-6-18(7-9-20)22-14-21-24(34-22)25(30-17-29-21)33-15-23(31)28-16-26(10-12-32-13-11-26)19-4-2-1-3-5-19/h1-9,14,17H,10-13,15-16H2,(H,28,31). The number of carbonyl (C=O) groups is 1. The van der Waals surface area contributed by atoms with E-state index >= 15 is 0 Å². The average molecular weight is 494 g/mol. The van der Waals surface area contributed by atoms with Crippen molar-refractivity contribution in [3.8, 4) is 10.4 Å². The second kappa shape index (κ2) is 10.2. The summed E-state index contributed by atoms with van der Waals surface area (Å²) in [7, 11) is 0. The molecule has 0 bridgehead atoms. The molecule has 0 spiro atoms. The average Bonchev–Trinajstić information content (AvgIpc) is 3.33. The lowest BCUT2D eigenvalue weighted by Crippen LogP contribution is -2.45. The van der Waals surface area contributed by atoms with Crippen LogP contribution in [0.4, 0.5) is 4.39 Å². The summed E-state index contributed by atoms with van der Waals surface area (Å²) in [6.45, 7) is 1.99. The van der Waals surface area contributed by atoms with E-state index in [2.05, 4.69) is 27.4 Å². The highest BCUT2D eigenvalue weighted by atomic mass is 32.2. The van der Waals surface area contributed by atoms with Crippen LogP contribution in [0.3, 0.4) is 0 Å². The Kier molecular flexibility index (Phi) is 6.89. The Bertz CT molecular complexity index is 1270. The van der Waals surface area contributed by atoms with Gasteiger partial charge in [-0.25, -0.2) is 14.4 Å². The Morgan fingerprint density at radius 3 is 2.62 bits per heavy atom. The van der Waals surface area contributed by atoms with Gasteiger partial charge in [0, 0.05) is 30.1 Å². The first-order valence-corrected chi connectivity index (χ1v) is 13.0. The lowest BCUT2D eigenvalue weighted by atomic mass is 9.74. The molecule has 34 heavy (non-hydrogen) atoms. The van der Waals surface area contributed by atoms with Gasteiger partial charge in [-0.2, -0.15) is 0 Å². The monoisotopic (exact) mass is 493 g/mol. The molecule has 2 aromatic carbocycles. The van der Waals surface area contributed by atoms with Crippen LogP contribution in [0, 0.1) is 5.82 Å². The second-order valence-corrected chi connectivity index (χ2v) is 10.4. The topological polar surface area (TPSA) is 64.1 Å². The highest BCUT2D eigenvalue weighted by molar-refractivity contribution is 8.00. The van der Waals surface area contributed by atoms with Crippen LogP contribution in [-0.4, -0.2) is 41.4 Å². The number of halogens is 1. The van der Waals surface area contributed by atoms with Crippen molar-refractivity contribution in [1.29, 1.82) is 0 Å². The number of rotatable bonds is 7. The van der Waals surface area contributed by atoms with Crippen LogP contribution in [-0.2, 0) is 14.9 Å². The number of amides is 1. The molecule has 1 amide bonds. The van der Waals surface area contributed by atoms with Gasteiger partial charge in [0.05, 0.1) is 16.0 Å². The molecule has 0 saturated carbocycles. The van der Waals surface area contributed by atoms with Gasteiger partial charge in [0.25, 0.3) is 0 Å². The Morgan fingerprint density at radius 2 is 1.85 bits per heavy atom. The summed E-state index contributed by atoms with van der Waals surface area (Å²) < 4.78 is 19.8. The number of hydrogen-bond acceptors (Lipinski definition) is 6. The summed E-state index contributed by atoms with van der Waals surface area (Å²) in [5, 5.41) is 3.94. The molecule has 1 fully saturated rings. The number of benzene rings is 2. The minimum Gasteiger partial charge on any atom is -0.381 e. The molecule has 0 atom stereocenters. The Labute approximate surface area is 205 Å². The smallest absolute Gasteiger partial charge is 0.230 e. The molecule has 3 heterocycles. The molecular weight excluding hydrogens is 469 g/mol. The fourth-order valence-corrected chi connectivity index (χ4v) is 6.30. The Balaban J connectivity index is 1.26. The largest absolute Gasteiger partial charge is 0.381 e. The maximum absolute atomic E-state index is 13.3. The zero-order chi connectivity index (χ0) is 23.4. The number of hydrogen-bond donors (Lipinski definition) is 1. The Morgan fingerprint density at radius 1 is 1.09 bits per heavy atom. The van der Waals surface area contributed by atoms with E-state index in [1.807, 2.05) is 24.3 Å². The van der Waals surface area contributed by atoms with E-state index in [4.69, 9.17) is 4.74 Å². The molecule has 0 radical (unpaired) electrons. The van der Waals surface area contributed by atoms with Gasteiger partial charge in [0.15, 0.2) is 0 Å². The van der Waals surface area contributed by atoms with Gasteiger partial charge in [-0.05, 0) is 42.2 Å². The van der Waals surface area contributed by atoms with Crippen molar-refractivity contribution in [2.45, 2.75) is 23.3 Å². The van der Waals surface area contributed by atoms with Crippen molar-refractivity contribution in [2.75, 3.05) is 25.5 Å². The molecule has 174 valence electrons. The van der Waals surface area contributed by atoms with Gasteiger partial charge in [-0.3, -0.25) is 4.79 Å². The Hall–Kier alpha value is -2.81. The van der Waals surface area contributed by atoms with Gasteiger partial charge in [-0.1, -0.05) is 54.2 Å². The van der Waals surface area contributed by atoms with Gasteiger partial charge < -0.3 is 10.1 Å². The molecule has 1 N–H and O–H groups in total. The predicted octanol–water partition coefficient (Wildman–Crippen LogP) is 5.45. The molecule has 1 aliphatic rings. The van der Waals surface area contributed by atoms with Crippen LogP contribution >= 0.6 is 23.1 Å². The van der Waals surface area contributed by atoms with Crippen molar-refractivity contribution in [3.63, 3.8) is 0 Å². The third-order valence-corrected chi connectivity index (χ3v) is 8.51. The van der Waals surface area contributed by atoms with Crippen LogP contribution in [0.15, 0.2) is 72.0 Å². The van der Waals surface area contributed by atoms with Gasteiger partial charge in [-0.15, -0.1) is 11.3 Å². The lowest BCUT2D eigenvalue weighted by Gasteiger charge is -2.38. The number of nitrogens with one attached hydrogen (secondary N) is 1. The summed E-state index contributed by atoms with van der Waals surface area (Å²) in [5.41, 5.74) is 2.91. The summed E-state index contributed by atoms with van der Waals surface area (Å²) >= 11 is 2.97. The fourth-order valence-electron chi connectivity index (χ4n) is 4.27. The molecule has 1 aliphatic heterocycles. The number of aromatic nitrogens is 2.